The summed E-state index contributed by atoms with van der Waals surface area (Å²) >= 11 is 0. The Bertz CT molecular complexity index is 338. The normalized spacial score (nSPS) is 13.0. The zero-order valence-corrected chi connectivity index (χ0v) is 14.6. The molecule has 0 aliphatic rings. The Morgan fingerprint density at radius 3 is 2.23 bits per heavy atom. The maximum atomic E-state index is 11.5. The van der Waals surface area contributed by atoms with Crippen LogP contribution in [-0.4, -0.2) is 61.3 Å². The minimum Gasteiger partial charge on any atom is -0.444 e. The molecule has 0 radical (unpaired) electrons. The molecule has 0 aliphatic carbocycles. The van der Waals surface area contributed by atoms with Crippen molar-refractivity contribution in [1.29, 1.82) is 0 Å². The predicted octanol–water partition coefficient (Wildman–Crippen LogP) is 0.687. The van der Waals surface area contributed by atoms with Gasteiger partial charge < -0.3 is 26.0 Å². The summed E-state index contributed by atoms with van der Waals surface area (Å²) in [6.07, 6.45) is -0.0498. The number of primary amides is 1. The van der Waals surface area contributed by atoms with Gasteiger partial charge in [-0.25, -0.2) is 4.79 Å². The first kappa shape index (κ1) is 20.7. The van der Waals surface area contributed by atoms with Crippen LogP contribution in [-0.2, 0) is 9.53 Å². The molecule has 4 N–H and O–H groups in total. The van der Waals surface area contributed by atoms with Crippen molar-refractivity contribution in [2.75, 3.05) is 32.7 Å². The second-order valence-electron chi connectivity index (χ2n) is 6.15. The maximum Gasteiger partial charge on any atom is 0.407 e. The largest absolute Gasteiger partial charge is 0.444 e. The first-order chi connectivity index (χ1) is 10.2. The summed E-state index contributed by atoms with van der Waals surface area (Å²) < 4.78 is 5.13. The molecular formula is C15H32N4O3. The Balaban J connectivity index is 4.05. The number of ether oxygens (including phenoxy) is 1. The van der Waals surface area contributed by atoms with Crippen molar-refractivity contribution >= 4 is 12.0 Å². The molecule has 0 aliphatic heterocycles. The van der Waals surface area contributed by atoms with Gasteiger partial charge in [-0.05, 0) is 40.3 Å². The molecule has 130 valence electrons. The Kier molecular flexibility index (Phi) is 9.76. The van der Waals surface area contributed by atoms with Crippen molar-refractivity contribution in [3.63, 3.8) is 0 Å². The number of likely N-dealkylation sites (N-methyl/N-ethyl adjacent to an activating group) is 1. The monoisotopic (exact) mass is 316 g/mol. The van der Waals surface area contributed by atoms with Crippen molar-refractivity contribution in [3.05, 3.63) is 0 Å². The molecule has 22 heavy (non-hydrogen) atoms. The molecule has 0 rings (SSSR count). The summed E-state index contributed by atoms with van der Waals surface area (Å²) in [7, 11) is 0. The Morgan fingerprint density at radius 1 is 1.18 bits per heavy atom. The molecule has 0 aromatic carbocycles. The van der Waals surface area contributed by atoms with E-state index in [1.165, 1.54) is 0 Å². The number of nitrogens with two attached hydrogens (primary N) is 1. The van der Waals surface area contributed by atoms with Gasteiger partial charge in [0.25, 0.3) is 0 Å². The van der Waals surface area contributed by atoms with E-state index < -0.39 is 23.6 Å². The second kappa shape index (κ2) is 10.4. The Morgan fingerprint density at radius 2 is 1.77 bits per heavy atom. The third-order valence-electron chi connectivity index (χ3n) is 3.16. The minimum absolute atomic E-state index is 0.334. The minimum atomic E-state index is -0.533. The highest BCUT2D eigenvalue weighted by atomic mass is 16.6. The van der Waals surface area contributed by atoms with E-state index >= 15 is 0 Å². The number of carbonyl (C=O) groups is 2. The molecule has 1 atom stereocenters. The van der Waals surface area contributed by atoms with Crippen LogP contribution in [0.15, 0.2) is 0 Å². The number of nitrogens with one attached hydrogen (secondary N) is 2. The standard InChI is InChI=1S/C15H32N4O3/c1-6-19(7-2)11-10-17-12(13(16)20)8-9-18-14(21)22-15(3,4)5/h12,17H,6-11H2,1-5H3,(H2,16,20)(H,18,21). The average molecular weight is 316 g/mol. The van der Waals surface area contributed by atoms with E-state index in [4.69, 9.17) is 10.5 Å². The predicted molar refractivity (Wildman–Crippen MR) is 87.6 cm³/mol. The SMILES string of the molecule is CCN(CC)CCNC(CCNC(=O)OC(C)(C)C)C(N)=O. The molecule has 0 aromatic rings. The molecule has 0 bridgehead atoms. The molecule has 0 aromatic heterocycles. The van der Waals surface area contributed by atoms with Crippen LogP contribution in [0.1, 0.15) is 41.0 Å². The van der Waals surface area contributed by atoms with Gasteiger partial charge in [-0.2, -0.15) is 0 Å². The van der Waals surface area contributed by atoms with E-state index in [9.17, 15) is 9.59 Å². The number of nitrogens with zero attached hydrogens (tertiary/aromatic N) is 1. The summed E-state index contributed by atoms with van der Waals surface area (Å²) in [6.45, 7) is 13.4. The van der Waals surface area contributed by atoms with E-state index in [1.54, 1.807) is 20.8 Å². The van der Waals surface area contributed by atoms with E-state index in [2.05, 4.69) is 29.4 Å². The van der Waals surface area contributed by atoms with E-state index in [0.717, 1.165) is 19.6 Å². The zero-order chi connectivity index (χ0) is 17.2. The highest BCUT2D eigenvalue weighted by molar-refractivity contribution is 5.79. The third kappa shape index (κ3) is 10.4. The molecule has 0 saturated heterocycles. The van der Waals surface area contributed by atoms with Crippen LogP contribution in [0.3, 0.4) is 0 Å². The highest BCUT2D eigenvalue weighted by Crippen LogP contribution is 2.06. The van der Waals surface area contributed by atoms with Gasteiger partial charge in [0.15, 0.2) is 0 Å². The molecule has 0 fully saturated rings. The van der Waals surface area contributed by atoms with Crippen LogP contribution in [0.5, 0.6) is 0 Å². The number of hydrogen-bond donors (Lipinski definition) is 3. The summed E-state index contributed by atoms with van der Waals surface area (Å²) in [5.41, 5.74) is 4.85. The van der Waals surface area contributed by atoms with E-state index in [-0.39, 0.29) is 0 Å². The van der Waals surface area contributed by atoms with Gasteiger partial charge in [0, 0.05) is 19.6 Å². The number of hydrogen-bond acceptors (Lipinski definition) is 5. The molecule has 7 heteroatoms. The molecular weight excluding hydrogens is 284 g/mol. The molecule has 2 amide bonds. The molecule has 0 heterocycles. The van der Waals surface area contributed by atoms with Crippen molar-refractivity contribution in [2.45, 2.75) is 52.7 Å². The Hall–Kier alpha value is -1.34. The summed E-state index contributed by atoms with van der Waals surface area (Å²) in [5, 5.41) is 5.76. The molecule has 0 spiro atoms. The van der Waals surface area contributed by atoms with Crippen LogP contribution >= 0.6 is 0 Å². The lowest BCUT2D eigenvalue weighted by molar-refractivity contribution is -0.120. The zero-order valence-electron chi connectivity index (χ0n) is 14.6. The van der Waals surface area contributed by atoms with Gasteiger partial charge in [0.2, 0.25) is 5.91 Å². The lowest BCUT2D eigenvalue weighted by Crippen LogP contribution is -2.46. The number of alkyl carbamates (subject to hydrolysis) is 1. The third-order valence-corrected chi connectivity index (χ3v) is 3.16. The van der Waals surface area contributed by atoms with E-state index in [1.807, 2.05) is 0 Å². The highest BCUT2D eigenvalue weighted by Gasteiger charge is 2.18. The topological polar surface area (TPSA) is 96.7 Å². The van der Waals surface area contributed by atoms with Gasteiger partial charge in [-0.1, -0.05) is 13.8 Å². The smallest absolute Gasteiger partial charge is 0.407 e. The number of rotatable bonds is 10. The average Bonchev–Trinajstić information content (AvgIpc) is 2.39. The molecule has 7 nitrogen and oxygen atoms in total. The van der Waals surface area contributed by atoms with Gasteiger partial charge in [0.05, 0.1) is 6.04 Å². The van der Waals surface area contributed by atoms with Crippen LogP contribution in [0, 0.1) is 0 Å². The number of carbonyl (C=O) groups excluding carboxylic acids is 2. The quantitative estimate of drug-likeness (QED) is 0.551. The Labute approximate surface area is 133 Å². The van der Waals surface area contributed by atoms with Crippen LogP contribution in [0.4, 0.5) is 4.79 Å². The molecule has 1 unspecified atom stereocenters. The van der Waals surface area contributed by atoms with Crippen molar-refractivity contribution in [2.24, 2.45) is 5.73 Å². The summed E-state index contributed by atoms with van der Waals surface area (Å²) in [4.78, 5) is 25.2. The first-order valence-corrected chi connectivity index (χ1v) is 7.91. The maximum absolute atomic E-state index is 11.5. The fraction of sp³-hybridized carbons (Fsp3) is 0.867. The molecule has 0 saturated carbocycles. The van der Waals surface area contributed by atoms with Gasteiger partial charge in [-0.15, -0.1) is 0 Å². The van der Waals surface area contributed by atoms with Crippen molar-refractivity contribution in [1.82, 2.24) is 15.5 Å². The summed E-state index contributed by atoms with van der Waals surface area (Å²) in [6, 6.07) is -0.453. The second-order valence-corrected chi connectivity index (χ2v) is 6.15. The first-order valence-electron chi connectivity index (χ1n) is 7.91. The lowest BCUT2D eigenvalue weighted by atomic mass is 10.2. The van der Waals surface area contributed by atoms with Gasteiger partial charge >= 0.3 is 6.09 Å². The summed E-state index contributed by atoms with van der Waals surface area (Å²) in [5.74, 6) is -0.412. The fourth-order valence-corrected chi connectivity index (χ4v) is 1.91. The lowest BCUT2D eigenvalue weighted by Gasteiger charge is -2.22. The van der Waals surface area contributed by atoms with Crippen molar-refractivity contribution in [3.8, 4) is 0 Å². The van der Waals surface area contributed by atoms with E-state index in [0.29, 0.717) is 19.5 Å². The van der Waals surface area contributed by atoms with Crippen molar-refractivity contribution < 1.29 is 14.3 Å². The van der Waals surface area contributed by atoms with Crippen LogP contribution in [0.2, 0.25) is 0 Å². The fourth-order valence-electron chi connectivity index (χ4n) is 1.91. The van der Waals surface area contributed by atoms with Gasteiger partial charge in [-0.3, -0.25) is 4.79 Å². The number of amides is 2. The van der Waals surface area contributed by atoms with Gasteiger partial charge in [0.1, 0.15) is 5.60 Å². The van der Waals surface area contributed by atoms with Crippen LogP contribution < -0.4 is 16.4 Å². The van der Waals surface area contributed by atoms with Crippen LogP contribution in [0.25, 0.3) is 0 Å².